The molecule has 2 fully saturated rings. The molecule has 6 nitrogen and oxygen atoms in total. The first-order valence-electron chi connectivity index (χ1n) is 8.52. The number of rotatable bonds is 2. The minimum Gasteiger partial charge on any atom is -0.481 e. The van der Waals surface area contributed by atoms with Crippen molar-refractivity contribution in [3.63, 3.8) is 0 Å². The number of nitrogens with zero attached hydrogens (tertiary/aromatic N) is 2. The number of hydrogen-bond acceptors (Lipinski definition) is 3. The lowest BCUT2D eigenvalue weighted by atomic mass is 9.83. The zero-order valence-electron chi connectivity index (χ0n) is 13.9. The molecule has 0 aromatic carbocycles. The van der Waals surface area contributed by atoms with Gasteiger partial charge in [0.15, 0.2) is 0 Å². The number of pyridine rings is 1. The lowest BCUT2D eigenvalue weighted by Gasteiger charge is -2.43. The zero-order valence-corrected chi connectivity index (χ0v) is 13.9. The molecule has 2 bridgehead atoms. The van der Waals surface area contributed by atoms with Crippen LogP contribution in [0.2, 0.25) is 0 Å². The van der Waals surface area contributed by atoms with Crippen LogP contribution in [0.3, 0.4) is 0 Å². The summed E-state index contributed by atoms with van der Waals surface area (Å²) >= 11 is 0. The number of aliphatic carboxylic acids is 1. The second-order valence-electron chi connectivity index (χ2n) is 8.06. The molecular formula is C18H22N2O4. The highest BCUT2D eigenvalue weighted by Gasteiger charge is 2.66. The van der Waals surface area contributed by atoms with Crippen LogP contribution in [0.25, 0.3) is 0 Å². The molecule has 1 aromatic rings. The van der Waals surface area contributed by atoms with Crippen molar-refractivity contribution in [2.24, 2.45) is 23.2 Å². The van der Waals surface area contributed by atoms with E-state index in [4.69, 9.17) is 0 Å². The number of piperidine rings is 1. The molecule has 4 atom stereocenters. The first-order valence-corrected chi connectivity index (χ1v) is 8.52. The van der Waals surface area contributed by atoms with Gasteiger partial charge in [-0.2, -0.15) is 0 Å². The lowest BCUT2D eigenvalue weighted by molar-refractivity contribution is -0.142. The maximum Gasteiger partial charge on any atom is 0.307 e. The normalized spacial score (nSPS) is 32.8. The molecule has 1 N–H and O–H groups in total. The predicted octanol–water partition coefficient (Wildman–Crippen LogP) is 1.15. The number of fused-ring (bicyclic) bond motifs is 4. The summed E-state index contributed by atoms with van der Waals surface area (Å²) in [5.41, 5.74) is 0.557. The molecule has 128 valence electrons. The van der Waals surface area contributed by atoms with E-state index in [1.165, 1.54) is 0 Å². The Hall–Kier alpha value is -2.11. The molecule has 3 aliphatic rings. The summed E-state index contributed by atoms with van der Waals surface area (Å²) in [6.45, 7) is 5.56. The number of carbonyl (C=O) groups excluding carboxylic acids is 1. The molecule has 24 heavy (non-hydrogen) atoms. The van der Waals surface area contributed by atoms with Crippen molar-refractivity contribution in [1.29, 1.82) is 0 Å². The fraction of sp³-hybridized carbons (Fsp3) is 0.611. The smallest absolute Gasteiger partial charge is 0.307 e. The third-order valence-corrected chi connectivity index (χ3v) is 6.15. The number of hydrogen-bond donors (Lipinski definition) is 1. The SMILES string of the molecule is CC1(C)[C@@H](C(=O)O)[C@@H]1C(=O)N1C[C@H]2C[C@@H](C1)c1cccc(=O)n1C2. The Kier molecular flexibility index (Phi) is 3.18. The van der Waals surface area contributed by atoms with Crippen LogP contribution in [0.1, 0.15) is 31.9 Å². The van der Waals surface area contributed by atoms with E-state index in [0.717, 1.165) is 12.1 Å². The summed E-state index contributed by atoms with van der Waals surface area (Å²) in [4.78, 5) is 38.1. The first kappa shape index (κ1) is 15.4. The van der Waals surface area contributed by atoms with Gasteiger partial charge >= 0.3 is 5.97 Å². The number of likely N-dealkylation sites (tertiary alicyclic amines) is 1. The Balaban J connectivity index is 1.58. The molecule has 0 unspecified atom stereocenters. The van der Waals surface area contributed by atoms with E-state index in [0.29, 0.717) is 19.6 Å². The van der Waals surface area contributed by atoms with E-state index >= 15 is 0 Å². The highest BCUT2D eigenvalue weighted by atomic mass is 16.4. The van der Waals surface area contributed by atoms with Crippen LogP contribution in [-0.2, 0) is 16.1 Å². The molecule has 1 aromatic heterocycles. The summed E-state index contributed by atoms with van der Waals surface area (Å²) < 4.78 is 1.84. The summed E-state index contributed by atoms with van der Waals surface area (Å²) in [7, 11) is 0. The second-order valence-corrected chi connectivity index (χ2v) is 8.06. The van der Waals surface area contributed by atoms with Crippen LogP contribution < -0.4 is 5.56 Å². The van der Waals surface area contributed by atoms with Gasteiger partial charge in [-0.05, 0) is 23.8 Å². The second kappa shape index (κ2) is 4.94. The Bertz CT molecular complexity index is 781. The Morgan fingerprint density at radius 1 is 1.17 bits per heavy atom. The van der Waals surface area contributed by atoms with E-state index in [9.17, 15) is 19.5 Å². The fourth-order valence-corrected chi connectivity index (χ4v) is 4.83. The molecule has 1 saturated carbocycles. The van der Waals surface area contributed by atoms with Crippen molar-refractivity contribution in [2.45, 2.75) is 32.7 Å². The minimum atomic E-state index is -0.882. The van der Waals surface area contributed by atoms with Gasteiger partial charge in [-0.15, -0.1) is 0 Å². The number of carbonyl (C=O) groups is 2. The Labute approximate surface area is 140 Å². The standard InChI is InChI=1S/C18H22N2O4/c1-18(2)14(15(18)17(23)24)16(22)19-7-10-6-11(9-19)12-4-3-5-13(21)20(12)8-10/h3-5,10-11,14-15H,6-9H2,1-2H3,(H,23,24)/t10-,11+,14-,15-/m1/s1. The van der Waals surface area contributed by atoms with Crippen LogP contribution in [0.5, 0.6) is 0 Å². The summed E-state index contributed by atoms with van der Waals surface area (Å²) in [5.74, 6) is -1.49. The number of aromatic nitrogens is 1. The third-order valence-electron chi connectivity index (χ3n) is 6.15. The fourth-order valence-electron chi connectivity index (χ4n) is 4.83. The number of carboxylic acid groups (broad SMARTS) is 1. The van der Waals surface area contributed by atoms with E-state index in [1.807, 2.05) is 29.4 Å². The quantitative estimate of drug-likeness (QED) is 0.882. The molecule has 2 aliphatic heterocycles. The largest absolute Gasteiger partial charge is 0.481 e. The summed E-state index contributed by atoms with van der Waals surface area (Å²) in [6, 6.07) is 5.33. The van der Waals surface area contributed by atoms with Gasteiger partial charge in [-0.1, -0.05) is 19.9 Å². The zero-order chi connectivity index (χ0) is 17.2. The first-order chi connectivity index (χ1) is 11.3. The topological polar surface area (TPSA) is 79.6 Å². The highest BCUT2D eigenvalue weighted by molar-refractivity contribution is 5.91. The van der Waals surface area contributed by atoms with Crippen LogP contribution in [0.15, 0.2) is 23.0 Å². The maximum absolute atomic E-state index is 12.9. The molecule has 3 heterocycles. The van der Waals surface area contributed by atoms with Gasteiger partial charge < -0.3 is 14.6 Å². The lowest BCUT2D eigenvalue weighted by Crippen LogP contribution is -2.49. The third kappa shape index (κ3) is 2.12. The van der Waals surface area contributed by atoms with E-state index < -0.39 is 23.2 Å². The minimum absolute atomic E-state index is 0.0243. The van der Waals surface area contributed by atoms with Crippen molar-refractivity contribution < 1.29 is 14.7 Å². The van der Waals surface area contributed by atoms with E-state index in [2.05, 4.69) is 0 Å². The maximum atomic E-state index is 12.9. The van der Waals surface area contributed by atoms with Gasteiger partial charge in [0.2, 0.25) is 5.91 Å². The average Bonchev–Trinajstić information content (AvgIpc) is 3.10. The van der Waals surface area contributed by atoms with Crippen molar-refractivity contribution >= 4 is 11.9 Å². The summed E-state index contributed by atoms with van der Waals surface area (Å²) in [6.07, 6.45) is 0.990. The highest BCUT2D eigenvalue weighted by Crippen LogP contribution is 2.59. The van der Waals surface area contributed by atoms with Gasteiger partial charge in [-0.3, -0.25) is 14.4 Å². The predicted molar refractivity (Wildman–Crippen MR) is 86.5 cm³/mol. The van der Waals surface area contributed by atoms with Gasteiger partial charge in [0, 0.05) is 37.3 Å². The molecular weight excluding hydrogens is 308 g/mol. The Morgan fingerprint density at radius 2 is 1.92 bits per heavy atom. The van der Waals surface area contributed by atoms with Crippen molar-refractivity contribution in [2.75, 3.05) is 13.1 Å². The van der Waals surface area contributed by atoms with Gasteiger partial charge in [0.25, 0.3) is 5.56 Å². The van der Waals surface area contributed by atoms with E-state index in [1.54, 1.807) is 12.1 Å². The van der Waals surface area contributed by atoms with Crippen molar-refractivity contribution in [1.82, 2.24) is 9.47 Å². The van der Waals surface area contributed by atoms with Crippen LogP contribution in [0.4, 0.5) is 0 Å². The van der Waals surface area contributed by atoms with Gasteiger partial charge in [0.05, 0.1) is 11.8 Å². The molecule has 0 spiro atoms. The molecule has 6 heteroatoms. The van der Waals surface area contributed by atoms with Crippen LogP contribution in [0, 0.1) is 23.2 Å². The van der Waals surface area contributed by atoms with Gasteiger partial charge in [0.1, 0.15) is 0 Å². The molecule has 1 saturated heterocycles. The molecule has 4 rings (SSSR count). The van der Waals surface area contributed by atoms with Crippen LogP contribution >= 0.6 is 0 Å². The van der Waals surface area contributed by atoms with E-state index in [-0.39, 0.29) is 23.3 Å². The number of carboxylic acids is 1. The Morgan fingerprint density at radius 3 is 2.58 bits per heavy atom. The average molecular weight is 330 g/mol. The number of amides is 1. The van der Waals surface area contributed by atoms with Crippen molar-refractivity contribution in [3.8, 4) is 0 Å². The molecule has 0 radical (unpaired) electrons. The molecule has 1 amide bonds. The summed E-state index contributed by atoms with van der Waals surface area (Å²) in [5, 5.41) is 9.32. The monoisotopic (exact) mass is 330 g/mol. The van der Waals surface area contributed by atoms with Gasteiger partial charge in [-0.25, -0.2) is 0 Å². The molecule has 1 aliphatic carbocycles. The van der Waals surface area contributed by atoms with Crippen molar-refractivity contribution in [3.05, 3.63) is 34.2 Å². The van der Waals surface area contributed by atoms with Crippen LogP contribution in [-0.4, -0.2) is 39.5 Å².